The van der Waals surface area contributed by atoms with E-state index in [1.165, 1.54) is 19.3 Å². The average Bonchev–Trinajstić information content (AvgIpc) is 2.84. The molecule has 3 heterocycles. The normalized spacial score (nSPS) is 36.6. The van der Waals surface area contributed by atoms with E-state index < -0.39 is 0 Å². The van der Waals surface area contributed by atoms with E-state index in [2.05, 4.69) is 22.6 Å². The van der Waals surface area contributed by atoms with Crippen LogP contribution < -0.4 is 10.6 Å². The van der Waals surface area contributed by atoms with E-state index in [0.29, 0.717) is 18.1 Å². The number of nitrogens with one attached hydrogen (secondary N) is 2. The summed E-state index contributed by atoms with van der Waals surface area (Å²) in [4.78, 5) is 14.7. The highest BCUT2D eigenvalue weighted by Gasteiger charge is 2.37. The molecule has 3 fully saturated rings. The van der Waals surface area contributed by atoms with Crippen LogP contribution in [-0.4, -0.2) is 53.7 Å². The molecule has 0 aliphatic carbocycles. The summed E-state index contributed by atoms with van der Waals surface area (Å²) in [7, 11) is 2.25. The summed E-state index contributed by atoms with van der Waals surface area (Å²) in [6, 6.07) is 1.81. The number of carbonyl (C=O) groups is 1. The van der Waals surface area contributed by atoms with Gasteiger partial charge in [-0.1, -0.05) is 6.42 Å². The molecular weight excluding hydrogens is 317 g/mol. The molecule has 3 rings (SSSR count). The van der Waals surface area contributed by atoms with Gasteiger partial charge in [-0.3, -0.25) is 10.1 Å². The SMILES string of the molecule is CN1C2CCCC1CC(NC(=O)C1CSCN1)C2.Cl.Cl. The maximum atomic E-state index is 12.1. The number of hydrogen-bond donors (Lipinski definition) is 2. The zero-order valence-electron chi connectivity index (χ0n) is 11.8. The van der Waals surface area contributed by atoms with Gasteiger partial charge in [0.2, 0.25) is 5.91 Å². The minimum Gasteiger partial charge on any atom is -0.352 e. The van der Waals surface area contributed by atoms with Crippen LogP contribution in [0, 0.1) is 0 Å². The molecule has 1 amide bonds. The molecular formula is C13H25Cl2N3OS. The van der Waals surface area contributed by atoms with Crippen LogP contribution in [0.25, 0.3) is 0 Å². The first-order chi connectivity index (χ1) is 8.74. The fourth-order valence-corrected chi connectivity index (χ4v) is 4.54. The number of halogens is 2. The van der Waals surface area contributed by atoms with Crippen molar-refractivity contribution in [2.45, 2.75) is 56.3 Å². The number of hydrogen-bond acceptors (Lipinski definition) is 4. The van der Waals surface area contributed by atoms with Crippen molar-refractivity contribution >= 4 is 42.5 Å². The Bertz CT molecular complexity index is 315. The number of fused-ring (bicyclic) bond motifs is 2. The lowest BCUT2D eigenvalue weighted by molar-refractivity contribution is -0.123. The number of piperidine rings is 2. The summed E-state index contributed by atoms with van der Waals surface area (Å²) in [6.45, 7) is 0. The molecule has 3 aliphatic heterocycles. The van der Waals surface area contributed by atoms with E-state index in [1.807, 2.05) is 11.8 Å². The minimum atomic E-state index is 0. The predicted molar refractivity (Wildman–Crippen MR) is 89.1 cm³/mol. The Morgan fingerprint density at radius 3 is 2.45 bits per heavy atom. The predicted octanol–water partition coefficient (Wildman–Crippen LogP) is 1.62. The van der Waals surface area contributed by atoms with Crippen molar-refractivity contribution in [2.75, 3.05) is 18.7 Å². The van der Waals surface area contributed by atoms with E-state index in [0.717, 1.165) is 24.5 Å². The number of thioether (sulfide) groups is 1. The van der Waals surface area contributed by atoms with Gasteiger partial charge in [0, 0.05) is 29.8 Å². The second-order valence-electron chi connectivity index (χ2n) is 5.85. The molecule has 118 valence electrons. The van der Waals surface area contributed by atoms with Crippen LogP contribution >= 0.6 is 36.6 Å². The molecule has 0 radical (unpaired) electrons. The van der Waals surface area contributed by atoms with Crippen LogP contribution in [0.5, 0.6) is 0 Å². The highest BCUT2D eigenvalue weighted by Crippen LogP contribution is 2.32. The molecule has 3 atom stereocenters. The zero-order chi connectivity index (χ0) is 12.5. The van der Waals surface area contributed by atoms with Crippen molar-refractivity contribution in [2.24, 2.45) is 0 Å². The van der Waals surface area contributed by atoms with Crippen molar-refractivity contribution in [3.63, 3.8) is 0 Å². The summed E-state index contributed by atoms with van der Waals surface area (Å²) in [5.41, 5.74) is 0. The third-order valence-electron chi connectivity index (χ3n) is 4.72. The van der Waals surface area contributed by atoms with Gasteiger partial charge in [0.25, 0.3) is 0 Å². The Morgan fingerprint density at radius 1 is 1.25 bits per heavy atom. The molecule has 0 aromatic carbocycles. The first-order valence-corrected chi connectivity index (χ1v) is 8.23. The molecule has 0 aromatic heterocycles. The van der Waals surface area contributed by atoms with Crippen LogP contribution in [0.3, 0.4) is 0 Å². The molecule has 3 unspecified atom stereocenters. The van der Waals surface area contributed by atoms with Gasteiger partial charge >= 0.3 is 0 Å². The molecule has 3 saturated heterocycles. The lowest BCUT2D eigenvalue weighted by Crippen LogP contribution is -2.57. The van der Waals surface area contributed by atoms with Crippen molar-refractivity contribution < 1.29 is 4.79 Å². The Labute approximate surface area is 138 Å². The minimum absolute atomic E-state index is 0. The number of carbonyl (C=O) groups excluding carboxylic acids is 1. The van der Waals surface area contributed by atoms with Gasteiger partial charge in [-0.25, -0.2) is 0 Å². The van der Waals surface area contributed by atoms with Gasteiger partial charge in [-0.15, -0.1) is 36.6 Å². The van der Waals surface area contributed by atoms with E-state index in [4.69, 9.17) is 0 Å². The second kappa shape index (κ2) is 8.08. The van der Waals surface area contributed by atoms with Gasteiger partial charge < -0.3 is 10.2 Å². The first kappa shape index (κ1) is 18.4. The molecule has 0 spiro atoms. The maximum Gasteiger partial charge on any atom is 0.238 e. The Balaban J connectivity index is 0.000001000. The quantitative estimate of drug-likeness (QED) is 0.801. The fraction of sp³-hybridized carbons (Fsp3) is 0.923. The lowest BCUT2D eigenvalue weighted by Gasteiger charge is -2.47. The van der Waals surface area contributed by atoms with Gasteiger partial charge in [0.1, 0.15) is 0 Å². The number of rotatable bonds is 2. The van der Waals surface area contributed by atoms with Crippen molar-refractivity contribution in [1.82, 2.24) is 15.5 Å². The Kier molecular flexibility index (Phi) is 7.43. The van der Waals surface area contributed by atoms with Gasteiger partial charge in [0.15, 0.2) is 0 Å². The number of amides is 1. The largest absolute Gasteiger partial charge is 0.352 e. The van der Waals surface area contributed by atoms with Crippen LogP contribution in [0.2, 0.25) is 0 Å². The fourth-order valence-electron chi connectivity index (χ4n) is 3.60. The van der Waals surface area contributed by atoms with Crippen LogP contribution in [-0.2, 0) is 4.79 Å². The van der Waals surface area contributed by atoms with Crippen LogP contribution in [0.1, 0.15) is 32.1 Å². The second-order valence-corrected chi connectivity index (χ2v) is 6.88. The van der Waals surface area contributed by atoms with E-state index in [9.17, 15) is 4.79 Å². The van der Waals surface area contributed by atoms with E-state index >= 15 is 0 Å². The standard InChI is InChI=1S/C13H23N3OS.2ClH/c1-16-10-3-2-4-11(16)6-9(5-10)15-13(17)12-7-18-8-14-12;;/h9-12,14H,2-8H2,1H3,(H,15,17);2*1H. The van der Waals surface area contributed by atoms with Gasteiger partial charge in [-0.2, -0.15) is 0 Å². The molecule has 0 saturated carbocycles. The number of nitrogens with zero attached hydrogens (tertiary/aromatic N) is 1. The highest BCUT2D eigenvalue weighted by atomic mass is 35.5. The van der Waals surface area contributed by atoms with Crippen molar-refractivity contribution in [1.29, 1.82) is 0 Å². The average molecular weight is 342 g/mol. The van der Waals surface area contributed by atoms with E-state index in [-0.39, 0.29) is 36.8 Å². The highest BCUT2D eigenvalue weighted by molar-refractivity contribution is 7.99. The Hall–Kier alpha value is 0.320. The maximum absolute atomic E-state index is 12.1. The monoisotopic (exact) mass is 341 g/mol. The van der Waals surface area contributed by atoms with Gasteiger partial charge in [0.05, 0.1) is 6.04 Å². The summed E-state index contributed by atoms with van der Waals surface area (Å²) >= 11 is 1.81. The summed E-state index contributed by atoms with van der Waals surface area (Å²) in [5, 5.41) is 6.51. The third kappa shape index (κ3) is 3.95. The Morgan fingerprint density at radius 2 is 1.90 bits per heavy atom. The zero-order valence-corrected chi connectivity index (χ0v) is 14.3. The smallest absolute Gasteiger partial charge is 0.238 e. The molecule has 7 heteroatoms. The lowest BCUT2D eigenvalue weighted by atomic mass is 9.82. The first-order valence-electron chi connectivity index (χ1n) is 7.07. The molecule has 2 N–H and O–H groups in total. The van der Waals surface area contributed by atoms with E-state index in [1.54, 1.807) is 0 Å². The van der Waals surface area contributed by atoms with Crippen LogP contribution in [0.15, 0.2) is 0 Å². The van der Waals surface area contributed by atoms with Gasteiger partial charge in [-0.05, 0) is 32.7 Å². The summed E-state index contributed by atoms with van der Waals surface area (Å²) in [6.07, 6.45) is 6.24. The summed E-state index contributed by atoms with van der Waals surface area (Å²) in [5.74, 6) is 2.05. The topological polar surface area (TPSA) is 44.4 Å². The molecule has 20 heavy (non-hydrogen) atoms. The molecule has 4 nitrogen and oxygen atoms in total. The molecule has 2 bridgehead atoms. The third-order valence-corrected chi connectivity index (χ3v) is 5.66. The van der Waals surface area contributed by atoms with Crippen LogP contribution in [0.4, 0.5) is 0 Å². The summed E-state index contributed by atoms with van der Waals surface area (Å²) < 4.78 is 0. The van der Waals surface area contributed by atoms with Crippen molar-refractivity contribution in [3.05, 3.63) is 0 Å². The molecule has 3 aliphatic rings. The van der Waals surface area contributed by atoms with Crippen molar-refractivity contribution in [3.8, 4) is 0 Å². The molecule has 0 aromatic rings.